The van der Waals surface area contributed by atoms with Crippen LogP contribution in [0, 0.1) is 4.64 Å². The molecule has 3 rings (SSSR count). The van der Waals surface area contributed by atoms with Crippen molar-refractivity contribution in [2.45, 2.75) is 0 Å². The summed E-state index contributed by atoms with van der Waals surface area (Å²) >= 11 is 17.6. The van der Waals surface area contributed by atoms with Gasteiger partial charge in [0, 0.05) is 0 Å². The van der Waals surface area contributed by atoms with Gasteiger partial charge in [-0.05, 0) is 0 Å². The van der Waals surface area contributed by atoms with Crippen LogP contribution in [0.3, 0.4) is 0 Å². The van der Waals surface area contributed by atoms with Crippen molar-refractivity contribution in [2.24, 2.45) is 0 Å². The number of nitrogens with zero attached hydrogens (tertiary/aromatic N) is 2. The Morgan fingerprint density at radius 1 is 1.17 bits per heavy atom. The van der Waals surface area contributed by atoms with Crippen molar-refractivity contribution in [3.63, 3.8) is 0 Å². The van der Waals surface area contributed by atoms with Gasteiger partial charge in [0.2, 0.25) is 0 Å². The second-order valence-corrected chi connectivity index (χ2v) is 6.91. The number of hydrogen-bond donors (Lipinski definition) is 0. The van der Waals surface area contributed by atoms with E-state index in [9.17, 15) is 0 Å². The normalized spacial score (nSPS) is 11.0. The summed E-state index contributed by atoms with van der Waals surface area (Å²) in [6.07, 6.45) is 1.76. The predicted octanol–water partition coefficient (Wildman–Crippen LogP) is 4.12. The number of benzene rings is 1. The molecule has 0 saturated carbocycles. The molecule has 0 aliphatic heterocycles. The molecule has 0 aliphatic carbocycles. The molecule has 0 N–H and O–H groups in total. The first-order valence-corrected chi connectivity index (χ1v) is 7.88. The van der Waals surface area contributed by atoms with Gasteiger partial charge in [-0.2, -0.15) is 0 Å². The maximum absolute atomic E-state index is 6.03. The molecule has 6 heteroatoms. The molecule has 2 heterocycles. The Hall–Kier alpha value is -0.641. The van der Waals surface area contributed by atoms with E-state index >= 15 is 0 Å². The first-order valence-electron chi connectivity index (χ1n) is 5.09. The quantitative estimate of drug-likeness (QED) is 0.480. The molecule has 0 spiro atoms. The summed E-state index contributed by atoms with van der Waals surface area (Å²) < 4.78 is 3.95. The van der Waals surface area contributed by atoms with Gasteiger partial charge in [0.15, 0.2) is 0 Å². The summed E-state index contributed by atoms with van der Waals surface area (Å²) in [5.41, 5.74) is 0. The molecule has 0 atom stereocenters. The van der Waals surface area contributed by atoms with Crippen molar-refractivity contribution in [1.82, 2.24) is 8.55 Å². The molecule has 1 aromatic carbocycles. The van der Waals surface area contributed by atoms with Crippen molar-refractivity contribution in [1.29, 1.82) is 0 Å². The third kappa shape index (κ3) is 2.04. The van der Waals surface area contributed by atoms with E-state index in [4.69, 9.17) is 35.4 Å². The molecule has 0 unspecified atom stereocenters. The molecule has 90 valence electrons. The van der Waals surface area contributed by atoms with Gasteiger partial charge in [-0.25, -0.2) is 0 Å². The number of pyridine rings is 1. The average molecular weight is 360 g/mol. The Morgan fingerprint density at radius 2 is 1.94 bits per heavy atom. The summed E-state index contributed by atoms with van der Waals surface area (Å²) in [5, 5.41) is 2.10. The molecular formula is C12H6Cl2N2SSe. The topological polar surface area (TPSA) is 17.8 Å². The first kappa shape index (κ1) is 12.4. The van der Waals surface area contributed by atoms with Gasteiger partial charge in [-0.3, -0.25) is 0 Å². The summed E-state index contributed by atoms with van der Waals surface area (Å²) in [4.78, 5) is 4.33. The van der Waals surface area contributed by atoms with Gasteiger partial charge in [-0.1, -0.05) is 0 Å². The number of fused-ring (bicyclic) bond motifs is 1. The molecule has 0 amide bonds. The summed E-state index contributed by atoms with van der Waals surface area (Å²) in [6, 6.07) is 9.52. The van der Waals surface area contributed by atoms with E-state index in [2.05, 4.69) is 4.98 Å². The van der Waals surface area contributed by atoms with Gasteiger partial charge in [-0.15, -0.1) is 0 Å². The minimum atomic E-state index is 0.0645. The maximum atomic E-state index is 6.03. The van der Waals surface area contributed by atoms with E-state index in [1.54, 1.807) is 6.20 Å². The first-order chi connectivity index (χ1) is 8.66. The van der Waals surface area contributed by atoms with Crippen LogP contribution in [0.25, 0.3) is 15.5 Å². The molecule has 0 radical (unpaired) electrons. The van der Waals surface area contributed by atoms with E-state index in [-0.39, 0.29) is 14.7 Å². The standard InChI is InChI=1S/C12H6Cl2N2SSe/c13-8-5-7-10(6-9(8)14)18-16(12(7)17)11-3-1-2-4-15-11/h1-6H. The molecule has 0 saturated heterocycles. The summed E-state index contributed by atoms with van der Waals surface area (Å²) in [6.45, 7) is 0. The van der Waals surface area contributed by atoms with Gasteiger partial charge in [0.1, 0.15) is 0 Å². The van der Waals surface area contributed by atoms with Crippen LogP contribution in [0.15, 0.2) is 36.5 Å². The van der Waals surface area contributed by atoms with Crippen LogP contribution in [0.4, 0.5) is 0 Å². The molecule has 0 bridgehead atoms. The van der Waals surface area contributed by atoms with Crippen LogP contribution in [-0.2, 0) is 0 Å². The zero-order chi connectivity index (χ0) is 12.7. The molecule has 2 aromatic heterocycles. The van der Waals surface area contributed by atoms with Crippen LogP contribution >= 0.6 is 35.4 Å². The van der Waals surface area contributed by atoms with Crippen molar-refractivity contribution < 1.29 is 0 Å². The van der Waals surface area contributed by atoms with E-state index in [0.29, 0.717) is 10.0 Å². The van der Waals surface area contributed by atoms with Gasteiger partial charge < -0.3 is 0 Å². The van der Waals surface area contributed by atoms with Crippen molar-refractivity contribution in [3.8, 4) is 5.82 Å². The fourth-order valence-electron chi connectivity index (χ4n) is 1.65. The van der Waals surface area contributed by atoms with Crippen LogP contribution in [-0.4, -0.2) is 23.3 Å². The monoisotopic (exact) mass is 360 g/mol. The molecular weight excluding hydrogens is 354 g/mol. The Bertz CT molecular complexity index is 780. The van der Waals surface area contributed by atoms with Crippen LogP contribution in [0.2, 0.25) is 10.0 Å². The van der Waals surface area contributed by atoms with Crippen LogP contribution in [0.5, 0.6) is 0 Å². The minimum absolute atomic E-state index is 0.0645. The van der Waals surface area contributed by atoms with E-state index in [1.165, 1.54) is 0 Å². The van der Waals surface area contributed by atoms with Gasteiger partial charge in [0.25, 0.3) is 0 Å². The summed E-state index contributed by atoms with van der Waals surface area (Å²) in [5.74, 6) is 0.867. The molecule has 3 aromatic rings. The second kappa shape index (κ2) is 4.80. The number of aromatic nitrogens is 2. The zero-order valence-corrected chi connectivity index (χ0v) is 13.0. The molecule has 18 heavy (non-hydrogen) atoms. The third-order valence-corrected chi connectivity index (χ3v) is 6.15. The molecule has 0 fully saturated rings. The van der Waals surface area contributed by atoms with E-state index < -0.39 is 0 Å². The fraction of sp³-hybridized carbons (Fsp3) is 0. The summed E-state index contributed by atoms with van der Waals surface area (Å²) in [7, 11) is 0. The van der Waals surface area contributed by atoms with Crippen LogP contribution in [0.1, 0.15) is 0 Å². The van der Waals surface area contributed by atoms with Gasteiger partial charge in [0.05, 0.1) is 0 Å². The van der Waals surface area contributed by atoms with E-state index in [0.717, 1.165) is 20.1 Å². The molecule has 0 aliphatic rings. The predicted molar refractivity (Wildman–Crippen MR) is 78.9 cm³/mol. The van der Waals surface area contributed by atoms with Gasteiger partial charge >= 0.3 is 125 Å². The second-order valence-electron chi connectivity index (χ2n) is 3.64. The number of halogens is 2. The van der Waals surface area contributed by atoms with Crippen molar-refractivity contribution >= 4 is 59.8 Å². The average Bonchev–Trinajstić information content (AvgIpc) is 2.69. The molecule has 2 nitrogen and oxygen atoms in total. The van der Waals surface area contributed by atoms with Crippen LogP contribution < -0.4 is 0 Å². The van der Waals surface area contributed by atoms with E-state index in [1.807, 2.05) is 33.9 Å². The SMILES string of the molecule is S=c1c2cc(Cl)c(Cl)cc2[se]n1-c1ccccn1. The Balaban J connectivity index is 2.33. The Kier molecular flexibility index (Phi) is 3.30. The van der Waals surface area contributed by atoms with Crippen molar-refractivity contribution in [2.75, 3.05) is 0 Å². The Morgan fingerprint density at radius 3 is 2.67 bits per heavy atom. The Labute approximate surface area is 125 Å². The number of rotatable bonds is 1. The third-order valence-electron chi connectivity index (χ3n) is 2.48. The fourth-order valence-corrected chi connectivity index (χ4v) is 4.83. The number of hydrogen-bond acceptors (Lipinski definition) is 2. The zero-order valence-electron chi connectivity index (χ0n) is 8.93. The van der Waals surface area contributed by atoms with Crippen molar-refractivity contribution in [3.05, 3.63) is 51.2 Å².